The molecule has 0 aliphatic heterocycles. The Balaban J connectivity index is 1.80. The van der Waals surface area contributed by atoms with Crippen LogP contribution >= 0.6 is 11.6 Å². The number of ketones is 1. The molecule has 0 spiro atoms. The van der Waals surface area contributed by atoms with Crippen molar-refractivity contribution in [1.29, 1.82) is 0 Å². The van der Waals surface area contributed by atoms with Gasteiger partial charge in [0.05, 0.1) is 5.02 Å². The lowest BCUT2D eigenvalue weighted by Crippen LogP contribution is -2.02. The van der Waals surface area contributed by atoms with Crippen LogP contribution in [0.2, 0.25) is 5.02 Å². The Morgan fingerprint density at radius 2 is 1.32 bits per heavy atom. The number of carbonyl (C=O) groups is 1. The van der Waals surface area contributed by atoms with Gasteiger partial charge in [0.2, 0.25) is 0 Å². The molecular formula is C19H14ClNO. The fraction of sp³-hybridized carbons (Fsp3) is 0. The largest absolute Gasteiger partial charge is 0.356 e. The number of carbonyl (C=O) groups excluding carboxylic acids is 1. The summed E-state index contributed by atoms with van der Waals surface area (Å²) >= 11 is 6.07. The molecule has 3 aromatic carbocycles. The zero-order valence-corrected chi connectivity index (χ0v) is 12.5. The first-order valence-electron chi connectivity index (χ1n) is 6.95. The number of rotatable bonds is 4. The molecule has 3 aromatic rings. The van der Waals surface area contributed by atoms with Gasteiger partial charge in [-0.2, -0.15) is 0 Å². The van der Waals surface area contributed by atoms with Gasteiger partial charge in [0, 0.05) is 22.5 Å². The Morgan fingerprint density at radius 3 is 2.00 bits per heavy atom. The second-order valence-corrected chi connectivity index (χ2v) is 5.28. The van der Waals surface area contributed by atoms with Crippen molar-refractivity contribution in [2.45, 2.75) is 0 Å². The fourth-order valence-corrected chi connectivity index (χ4v) is 2.42. The van der Waals surface area contributed by atoms with E-state index in [2.05, 4.69) is 5.32 Å². The molecule has 0 bridgehead atoms. The van der Waals surface area contributed by atoms with E-state index in [0.717, 1.165) is 11.4 Å². The molecular weight excluding hydrogens is 294 g/mol. The summed E-state index contributed by atoms with van der Waals surface area (Å²) in [7, 11) is 0. The third-order valence-corrected chi connectivity index (χ3v) is 3.66. The van der Waals surface area contributed by atoms with Crippen LogP contribution in [0.15, 0.2) is 78.9 Å². The number of para-hydroxylation sites is 1. The van der Waals surface area contributed by atoms with E-state index in [1.165, 1.54) is 0 Å². The van der Waals surface area contributed by atoms with E-state index in [-0.39, 0.29) is 5.78 Å². The van der Waals surface area contributed by atoms with Crippen molar-refractivity contribution in [3.8, 4) is 0 Å². The van der Waals surface area contributed by atoms with Crippen molar-refractivity contribution in [3.63, 3.8) is 0 Å². The summed E-state index contributed by atoms with van der Waals surface area (Å²) in [6.45, 7) is 0. The molecule has 0 fully saturated rings. The molecule has 0 aliphatic rings. The van der Waals surface area contributed by atoms with Gasteiger partial charge in [-0.1, -0.05) is 41.9 Å². The molecule has 108 valence electrons. The number of benzene rings is 3. The summed E-state index contributed by atoms with van der Waals surface area (Å²) in [6, 6.07) is 24.3. The van der Waals surface area contributed by atoms with E-state index < -0.39 is 0 Å². The van der Waals surface area contributed by atoms with E-state index in [0.29, 0.717) is 16.1 Å². The maximum atomic E-state index is 12.4. The lowest BCUT2D eigenvalue weighted by Gasteiger charge is -2.08. The molecule has 0 aliphatic carbocycles. The standard InChI is InChI=1S/C19H14ClNO/c20-18-9-5-4-8-17(18)19(22)14-10-12-16(13-11-14)21-15-6-2-1-3-7-15/h1-13,21H. The molecule has 0 amide bonds. The van der Waals surface area contributed by atoms with Crippen molar-refractivity contribution in [2.24, 2.45) is 0 Å². The topological polar surface area (TPSA) is 29.1 Å². The molecule has 3 heteroatoms. The van der Waals surface area contributed by atoms with E-state index in [9.17, 15) is 4.79 Å². The predicted octanol–water partition coefficient (Wildman–Crippen LogP) is 5.31. The molecule has 0 atom stereocenters. The summed E-state index contributed by atoms with van der Waals surface area (Å²) in [5, 5.41) is 3.76. The fourth-order valence-electron chi connectivity index (χ4n) is 2.19. The van der Waals surface area contributed by atoms with Gasteiger partial charge in [-0.15, -0.1) is 0 Å². The molecule has 2 nitrogen and oxygen atoms in total. The van der Waals surface area contributed by atoms with Crippen molar-refractivity contribution >= 4 is 28.8 Å². The number of anilines is 2. The molecule has 0 radical (unpaired) electrons. The number of halogens is 1. The van der Waals surface area contributed by atoms with Gasteiger partial charge in [0.1, 0.15) is 0 Å². The van der Waals surface area contributed by atoms with Gasteiger partial charge in [0.25, 0.3) is 0 Å². The average molecular weight is 308 g/mol. The molecule has 22 heavy (non-hydrogen) atoms. The van der Waals surface area contributed by atoms with Crippen molar-refractivity contribution in [3.05, 3.63) is 95.0 Å². The number of hydrogen-bond acceptors (Lipinski definition) is 2. The average Bonchev–Trinajstić information content (AvgIpc) is 2.56. The Morgan fingerprint density at radius 1 is 0.727 bits per heavy atom. The van der Waals surface area contributed by atoms with E-state index in [1.54, 1.807) is 24.3 Å². The second-order valence-electron chi connectivity index (χ2n) is 4.88. The van der Waals surface area contributed by atoms with Crippen LogP contribution in [0.25, 0.3) is 0 Å². The van der Waals surface area contributed by atoms with Crippen LogP contribution in [-0.4, -0.2) is 5.78 Å². The highest BCUT2D eigenvalue weighted by Gasteiger charge is 2.11. The van der Waals surface area contributed by atoms with Crippen LogP contribution in [0, 0.1) is 0 Å². The van der Waals surface area contributed by atoms with Crippen molar-refractivity contribution < 1.29 is 4.79 Å². The molecule has 1 N–H and O–H groups in total. The van der Waals surface area contributed by atoms with Crippen LogP contribution in [0.4, 0.5) is 11.4 Å². The first kappa shape index (κ1) is 14.4. The van der Waals surface area contributed by atoms with Gasteiger partial charge in [-0.3, -0.25) is 4.79 Å². The number of nitrogens with one attached hydrogen (secondary N) is 1. The smallest absolute Gasteiger partial charge is 0.194 e. The van der Waals surface area contributed by atoms with Gasteiger partial charge in [0.15, 0.2) is 5.78 Å². The highest BCUT2D eigenvalue weighted by Crippen LogP contribution is 2.21. The zero-order chi connectivity index (χ0) is 15.4. The normalized spacial score (nSPS) is 10.2. The lowest BCUT2D eigenvalue weighted by atomic mass is 10.0. The highest BCUT2D eigenvalue weighted by atomic mass is 35.5. The Kier molecular flexibility index (Phi) is 4.22. The third kappa shape index (κ3) is 3.18. The van der Waals surface area contributed by atoms with Gasteiger partial charge >= 0.3 is 0 Å². The summed E-state index contributed by atoms with van der Waals surface area (Å²) in [6.07, 6.45) is 0. The first-order chi connectivity index (χ1) is 10.7. The maximum Gasteiger partial charge on any atom is 0.194 e. The zero-order valence-electron chi connectivity index (χ0n) is 11.8. The van der Waals surface area contributed by atoms with Gasteiger partial charge < -0.3 is 5.32 Å². The maximum absolute atomic E-state index is 12.4. The predicted molar refractivity (Wildman–Crippen MR) is 91.1 cm³/mol. The minimum absolute atomic E-state index is 0.0724. The quantitative estimate of drug-likeness (QED) is 0.661. The van der Waals surface area contributed by atoms with Crippen molar-refractivity contribution in [1.82, 2.24) is 0 Å². The lowest BCUT2D eigenvalue weighted by molar-refractivity contribution is 0.103. The Bertz CT molecular complexity index is 782. The molecule has 3 rings (SSSR count). The molecule has 0 saturated carbocycles. The minimum atomic E-state index is -0.0724. The summed E-state index contributed by atoms with van der Waals surface area (Å²) in [4.78, 5) is 12.4. The number of hydrogen-bond donors (Lipinski definition) is 1. The molecule has 0 saturated heterocycles. The van der Waals surface area contributed by atoms with Crippen LogP contribution < -0.4 is 5.32 Å². The Labute approximate surface area is 134 Å². The molecule has 0 unspecified atom stereocenters. The SMILES string of the molecule is O=C(c1ccc(Nc2ccccc2)cc1)c1ccccc1Cl. The highest BCUT2D eigenvalue weighted by molar-refractivity contribution is 6.34. The van der Waals surface area contributed by atoms with Crippen LogP contribution in [-0.2, 0) is 0 Å². The van der Waals surface area contributed by atoms with E-state index in [4.69, 9.17) is 11.6 Å². The van der Waals surface area contributed by atoms with Crippen LogP contribution in [0.3, 0.4) is 0 Å². The van der Waals surface area contributed by atoms with Gasteiger partial charge in [-0.05, 0) is 48.5 Å². The van der Waals surface area contributed by atoms with Gasteiger partial charge in [-0.25, -0.2) is 0 Å². The third-order valence-electron chi connectivity index (χ3n) is 3.33. The Hall–Kier alpha value is -2.58. The second kappa shape index (κ2) is 6.46. The van der Waals surface area contributed by atoms with E-state index in [1.807, 2.05) is 54.6 Å². The summed E-state index contributed by atoms with van der Waals surface area (Å²) in [5.74, 6) is -0.0724. The monoisotopic (exact) mass is 307 g/mol. The summed E-state index contributed by atoms with van der Waals surface area (Å²) in [5.41, 5.74) is 3.08. The van der Waals surface area contributed by atoms with Crippen molar-refractivity contribution in [2.75, 3.05) is 5.32 Å². The minimum Gasteiger partial charge on any atom is -0.356 e. The first-order valence-corrected chi connectivity index (χ1v) is 7.33. The van der Waals surface area contributed by atoms with Crippen LogP contribution in [0.5, 0.6) is 0 Å². The summed E-state index contributed by atoms with van der Waals surface area (Å²) < 4.78 is 0. The van der Waals surface area contributed by atoms with Crippen LogP contribution in [0.1, 0.15) is 15.9 Å². The molecule has 0 aromatic heterocycles. The van der Waals surface area contributed by atoms with E-state index >= 15 is 0 Å². The molecule has 0 heterocycles.